The monoisotopic (exact) mass is 388 g/mol. The van der Waals surface area contributed by atoms with Crippen molar-refractivity contribution in [2.24, 2.45) is 5.92 Å². The summed E-state index contributed by atoms with van der Waals surface area (Å²) in [5.41, 5.74) is 0.386. The zero-order valence-corrected chi connectivity index (χ0v) is 16.7. The molecule has 152 valence electrons. The number of esters is 1. The highest BCUT2D eigenvalue weighted by atomic mass is 19.2. The van der Waals surface area contributed by atoms with Crippen LogP contribution in [-0.4, -0.2) is 12.1 Å². The Bertz CT molecular complexity index is 795. The van der Waals surface area contributed by atoms with Crippen molar-refractivity contribution >= 4 is 16.7 Å². The van der Waals surface area contributed by atoms with Gasteiger partial charge in [0.25, 0.3) is 0 Å². The van der Waals surface area contributed by atoms with Gasteiger partial charge < -0.3 is 4.74 Å². The molecule has 0 saturated heterocycles. The number of unbranched alkanes of at least 4 members (excludes halogenated alkanes) is 4. The molecule has 1 fully saturated rings. The molecule has 0 spiro atoms. The number of halogens is 2. The normalized spacial score (nSPS) is 19.7. The van der Waals surface area contributed by atoms with Crippen LogP contribution in [0.25, 0.3) is 10.8 Å². The average molecular weight is 388 g/mol. The maximum absolute atomic E-state index is 13.8. The van der Waals surface area contributed by atoms with Crippen LogP contribution < -0.4 is 0 Å². The van der Waals surface area contributed by atoms with E-state index < -0.39 is 11.6 Å². The van der Waals surface area contributed by atoms with Crippen LogP contribution in [0.3, 0.4) is 0 Å². The SMILES string of the molecule is CCCCCCCC1CCC(OC(=O)c2ccc3c(F)c(F)ccc3c2)CC1. The minimum Gasteiger partial charge on any atom is -0.459 e. The summed E-state index contributed by atoms with van der Waals surface area (Å²) < 4.78 is 32.8. The van der Waals surface area contributed by atoms with Crippen molar-refractivity contribution in [2.75, 3.05) is 0 Å². The third kappa shape index (κ3) is 5.30. The second kappa shape index (κ2) is 9.99. The van der Waals surface area contributed by atoms with E-state index in [1.807, 2.05) is 0 Å². The van der Waals surface area contributed by atoms with Gasteiger partial charge in [0.2, 0.25) is 0 Å². The van der Waals surface area contributed by atoms with Gasteiger partial charge in [-0.15, -0.1) is 0 Å². The third-order valence-corrected chi connectivity index (χ3v) is 5.93. The number of ether oxygens (including phenoxy) is 1. The molecule has 1 aliphatic rings. The largest absolute Gasteiger partial charge is 0.459 e. The number of benzene rings is 2. The van der Waals surface area contributed by atoms with E-state index in [9.17, 15) is 13.6 Å². The molecule has 0 unspecified atom stereocenters. The summed E-state index contributed by atoms with van der Waals surface area (Å²) in [5.74, 6) is -1.39. The number of hydrogen-bond acceptors (Lipinski definition) is 2. The fourth-order valence-corrected chi connectivity index (χ4v) is 4.19. The third-order valence-electron chi connectivity index (χ3n) is 5.93. The van der Waals surface area contributed by atoms with Crippen molar-refractivity contribution < 1.29 is 18.3 Å². The van der Waals surface area contributed by atoms with Crippen LogP contribution in [-0.2, 0) is 4.74 Å². The summed E-state index contributed by atoms with van der Waals surface area (Å²) in [7, 11) is 0. The lowest BCUT2D eigenvalue weighted by molar-refractivity contribution is 0.0161. The van der Waals surface area contributed by atoms with Gasteiger partial charge in [0.05, 0.1) is 5.56 Å². The predicted molar refractivity (Wildman–Crippen MR) is 108 cm³/mol. The van der Waals surface area contributed by atoms with Crippen LogP contribution in [0.5, 0.6) is 0 Å². The number of rotatable bonds is 8. The van der Waals surface area contributed by atoms with Gasteiger partial charge >= 0.3 is 5.97 Å². The molecule has 0 aromatic heterocycles. The van der Waals surface area contributed by atoms with E-state index in [4.69, 9.17) is 4.74 Å². The van der Waals surface area contributed by atoms with Gasteiger partial charge in [0, 0.05) is 5.39 Å². The summed E-state index contributed by atoms with van der Waals surface area (Å²) in [6.45, 7) is 2.23. The quantitative estimate of drug-likeness (QED) is 0.353. The lowest BCUT2D eigenvalue weighted by Crippen LogP contribution is -2.24. The van der Waals surface area contributed by atoms with Gasteiger partial charge in [-0.1, -0.05) is 57.6 Å². The minimum absolute atomic E-state index is 0.0375. The lowest BCUT2D eigenvalue weighted by Gasteiger charge is -2.28. The molecule has 0 heterocycles. The Morgan fingerprint density at radius 3 is 2.50 bits per heavy atom. The van der Waals surface area contributed by atoms with Gasteiger partial charge in [-0.2, -0.15) is 0 Å². The lowest BCUT2D eigenvalue weighted by atomic mass is 9.84. The van der Waals surface area contributed by atoms with Crippen LogP contribution in [0.15, 0.2) is 30.3 Å². The number of fused-ring (bicyclic) bond motifs is 1. The molecule has 28 heavy (non-hydrogen) atoms. The Balaban J connectivity index is 1.48. The molecule has 2 nitrogen and oxygen atoms in total. The summed E-state index contributed by atoms with van der Waals surface area (Å²) in [4.78, 5) is 12.5. The highest BCUT2D eigenvalue weighted by Crippen LogP contribution is 2.31. The molecule has 0 aliphatic heterocycles. The van der Waals surface area contributed by atoms with E-state index in [0.717, 1.165) is 37.7 Å². The Kier molecular flexibility index (Phi) is 7.41. The molecule has 3 rings (SSSR count). The molecule has 4 heteroatoms. The maximum Gasteiger partial charge on any atom is 0.338 e. The summed E-state index contributed by atoms with van der Waals surface area (Å²) in [5, 5.41) is 0.677. The van der Waals surface area contributed by atoms with Crippen LogP contribution in [0, 0.1) is 17.6 Å². The summed E-state index contributed by atoms with van der Waals surface area (Å²) in [6.07, 6.45) is 11.9. The van der Waals surface area contributed by atoms with Crippen molar-refractivity contribution in [3.05, 3.63) is 47.5 Å². The Hall–Kier alpha value is -1.97. The molecule has 0 radical (unpaired) electrons. The van der Waals surface area contributed by atoms with Crippen molar-refractivity contribution in [3.8, 4) is 0 Å². The molecule has 2 aromatic carbocycles. The molecule has 1 aliphatic carbocycles. The molecule has 1 saturated carbocycles. The van der Waals surface area contributed by atoms with E-state index in [1.54, 1.807) is 6.07 Å². The van der Waals surface area contributed by atoms with Gasteiger partial charge in [0.15, 0.2) is 11.6 Å². The van der Waals surface area contributed by atoms with Crippen LogP contribution >= 0.6 is 0 Å². The second-order valence-corrected chi connectivity index (χ2v) is 8.05. The topological polar surface area (TPSA) is 26.3 Å². The highest BCUT2D eigenvalue weighted by molar-refractivity contribution is 5.95. The molecule has 2 aromatic rings. The van der Waals surface area contributed by atoms with Gasteiger partial charge in [0.1, 0.15) is 6.10 Å². The fraction of sp³-hybridized carbons (Fsp3) is 0.542. The number of carbonyl (C=O) groups excluding carboxylic acids is 1. The zero-order valence-electron chi connectivity index (χ0n) is 16.7. The van der Waals surface area contributed by atoms with Gasteiger partial charge in [-0.05, 0) is 55.2 Å². The van der Waals surface area contributed by atoms with E-state index in [-0.39, 0.29) is 17.5 Å². The highest BCUT2D eigenvalue weighted by Gasteiger charge is 2.24. The Morgan fingerprint density at radius 1 is 1.00 bits per heavy atom. The average Bonchev–Trinajstić information content (AvgIpc) is 2.71. The van der Waals surface area contributed by atoms with E-state index in [1.165, 1.54) is 56.7 Å². The van der Waals surface area contributed by atoms with Crippen LogP contribution in [0.2, 0.25) is 0 Å². The fourth-order valence-electron chi connectivity index (χ4n) is 4.19. The molecule has 0 amide bonds. The number of hydrogen-bond donors (Lipinski definition) is 0. The first-order valence-electron chi connectivity index (χ1n) is 10.7. The smallest absolute Gasteiger partial charge is 0.338 e. The van der Waals surface area contributed by atoms with E-state index in [0.29, 0.717) is 10.9 Å². The van der Waals surface area contributed by atoms with E-state index >= 15 is 0 Å². The Morgan fingerprint density at radius 2 is 1.75 bits per heavy atom. The molecule has 0 atom stereocenters. The predicted octanol–water partition coefficient (Wildman–Crippen LogP) is 7.19. The maximum atomic E-state index is 13.8. The second-order valence-electron chi connectivity index (χ2n) is 8.05. The first kappa shape index (κ1) is 20.8. The first-order valence-corrected chi connectivity index (χ1v) is 10.7. The zero-order chi connectivity index (χ0) is 19.9. The van der Waals surface area contributed by atoms with E-state index in [2.05, 4.69) is 6.92 Å². The van der Waals surface area contributed by atoms with Crippen molar-refractivity contribution in [3.63, 3.8) is 0 Å². The summed E-state index contributed by atoms with van der Waals surface area (Å²) in [6, 6.07) is 7.09. The molecular weight excluding hydrogens is 358 g/mol. The Labute approximate surface area is 166 Å². The van der Waals surface area contributed by atoms with Crippen molar-refractivity contribution in [2.45, 2.75) is 77.2 Å². The van der Waals surface area contributed by atoms with Crippen molar-refractivity contribution in [1.82, 2.24) is 0 Å². The standard InChI is InChI=1S/C24H30F2O2/c1-2-3-4-5-6-7-17-8-12-20(13-9-17)28-24(27)19-10-14-21-18(16-19)11-15-22(25)23(21)26/h10-11,14-17,20H,2-9,12-13H2,1H3. The van der Waals surface area contributed by atoms with Crippen molar-refractivity contribution in [1.29, 1.82) is 0 Å². The molecule has 0 N–H and O–H groups in total. The first-order chi connectivity index (χ1) is 13.6. The van der Waals surface area contributed by atoms with Crippen LogP contribution in [0.4, 0.5) is 8.78 Å². The minimum atomic E-state index is -0.884. The van der Waals surface area contributed by atoms with Gasteiger partial charge in [-0.25, -0.2) is 13.6 Å². The van der Waals surface area contributed by atoms with Gasteiger partial charge in [-0.3, -0.25) is 0 Å². The molecule has 0 bridgehead atoms. The number of carbonyl (C=O) groups is 1. The summed E-state index contributed by atoms with van der Waals surface area (Å²) >= 11 is 0. The van der Waals surface area contributed by atoms with Crippen LogP contribution in [0.1, 0.15) is 81.5 Å². The molecular formula is C24H30F2O2.